The molecule has 0 unspecified atom stereocenters. The number of hydrogen-bond donors (Lipinski definition) is 2. The fourth-order valence-electron chi connectivity index (χ4n) is 1.48. The summed E-state index contributed by atoms with van der Waals surface area (Å²) in [6.07, 6.45) is 2.00. The van der Waals surface area contributed by atoms with Gasteiger partial charge < -0.3 is 10.6 Å². The predicted octanol–water partition coefficient (Wildman–Crippen LogP) is 1.24. The van der Waals surface area contributed by atoms with E-state index < -0.39 is 0 Å². The molecule has 106 valence electrons. The van der Waals surface area contributed by atoms with Crippen molar-refractivity contribution in [2.24, 2.45) is 11.1 Å². The smallest absolute Gasteiger partial charge is 0.228 e. The summed E-state index contributed by atoms with van der Waals surface area (Å²) in [7, 11) is 1.80. The van der Waals surface area contributed by atoms with Crippen LogP contribution in [0, 0.1) is 5.41 Å². The topological polar surface area (TPSA) is 75.0 Å². The Morgan fingerprint density at radius 1 is 1.50 bits per heavy atom. The quantitative estimate of drug-likeness (QED) is 0.858. The van der Waals surface area contributed by atoms with Gasteiger partial charge in [0.05, 0.1) is 6.42 Å². The minimum absolute atomic E-state index is 0. The maximum atomic E-state index is 11.8. The normalized spacial score (nSPS) is 10.2. The van der Waals surface area contributed by atoms with Crippen molar-refractivity contribution in [2.45, 2.75) is 20.3 Å². The van der Waals surface area contributed by atoms with Crippen LogP contribution in [0.4, 0.5) is 0 Å². The average molecular weight is 297 g/mol. The van der Waals surface area contributed by atoms with E-state index in [2.05, 4.69) is 10.2 Å². The number of nitrogens with one attached hydrogen (secondary N) is 1. The molecule has 0 spiro atoms. The molecule has 7 heteroatoms. The number of rotatable bonds is 5. The van der Waals surface area contributed by atoms with E-state index >= 15 is 0 Å². The lowest BCUT2D eigenvalue weighted by Crippen LogP contribution is -2.40. The minimum Gasteiger partial charge on any atom is -0.345 e. The van der Waals surface area contributed by atoms with Gasteiger partial charge in [-0.15, -0.1) is 24.8 Å². The first kappa shape index (κ1) is 19.6. The number of aromatic nitrogens is 2. The van der Waals surface area contributed by atoms with Gasteiger partial charge in [0.1, 0.15) is 0 Å². The summed E-state index contributed by atoms with van der Waals surface area (Å²) in [5.41, 5.74) is 6.43. The van der Waals surface area contributed by atoms with Gasteiger partial charge in [-0.1, -0.05) is 13.8 Å². The highest BCUT2D eigenvalue weighted by atomic mass is 35.5. The third kappa shape index (κ3) is 6.23. The van der Waals surface area contributed by atoms with Crippen molar-refractivity contribution in [3.8, 4) is 0 Å². The maximum absolute atomic E-state index is 11.8. The number of likely N-dealkylation sites (N-methyl/N-ethyl adjacent to an activating group) is 1. The van der Waals surface area contributed by atoms with Gasteiger partial charge in [-0.05, 0) is 18.0 Å². The lowest BCUT2D eigenvalue weighted by molar-refractivity contribution is -0.130. The van der Waals surface area contributed by atoms with E-state index in [9.17, 15) is 4.79 Å². The molecule has 0 bridgehead atoms. The number of carbonyl (C=O) groups is 1. The lowest BCUT2D eigenvalue weighted by Gasteiger charge is -2.28. The Bertz CT molecular complexity index is 341. The van der Waals surface area contributed by atoms with E-state index in [1.165, 1.54) is 0 Å². The first-order chi connectivity index (χ1) is 7.44. The van der Waals surface area contributed by atoms with E-state index in [4.69, 9.17) is 5.73 Å². The number of nitrogens with zero attached hydrogens (tertiary/aromatic N) is 2. The molecule has 1 aromatic rings. The van der Waals surface area contributed by atoms with E-state index in [1.807, 2.05) is 13.8 Å². The molecule has 0 aliphatic heterocycles. The van der Waals surface area contributed by atoms with Gasteiger partial charge in [0.15, 0.2) is 0 Å². The van der Waals surface area contributed by atoms with Crippen LogP contribution < -0.4 is 5.73 Å². The Morgan fingerprint density at radius 2 is 2.11 bits per heavy atom. The molecule has 5 nitrogen and oxygen atoms in total. The van der Waals surface area contributed by atoms with Gasteiger partial charge in [-0.2, -0.15) is 5.10 Å². The number of aromatic amines is 1. The first-order valence-electron chi connectivity index (χ1n) is 5.37. The van der Waals surface area contributed by atoms with Gasteiger partial charge in [0.2, 0.25) is 5.91 Å². The zero-order chi connectivity index (χ0) is 12.2. The van der Waals surface area contributed by atoms with Crippen molar-refractivity contribution in [2.75, 3.05) is 20.1 Å². The standard InChI is InChI=1S/C11H20N4O.2ClH/c1-11(2,7-12)8-15(3)10(16)6-9-4-5-13-14-9;;/h4-5H,6-8,12H2,1-3H3,(H,13,14);2*1H. The minimum atomic E-state index is -0.0433. The van der Waals surface area contributed by atoms with Crippen molar-refractivity contribution in [1.29, 1.82) is 0 Å². The molecule has 0 atom stereocenters. The van der Waals surface area contributed by atoms with Crippen LogP contribution in [0.1, 0.15) is 19.5 Å². The highest BCUT2D eigenvalue weighted by Gasteiger charge is 2.21. The van der Waals surface area contributed by atoms with Crippen molar-refractivity contribution in [3.05, 3.63) is 18.0 Å². The van der Waals surface area contributed by atoms with Crippen LogP contribution in [0.2, 0.25) is 0 Å². The monoisotopic (exact) mass is 296 g/mol. The summed E-state index contributed by atoms with van der Waals surface area (Å²) in [6.45, 7) is 5.32. The third-order valence-electron chi connectivity index (χ3n) is 2.54. The zero-order valence-electron chi connectivity index (χ0n) is 11.0. The number of nitrogens with two attached hydrogens (primary N) is 1. The van der Waals surface area contributed by atoms with Gasteiger partial charge in [-0.25, -0.2) is 0 Å². The number of hydrogen-bond acceptors (Lipinski definition) is 3. The highest BCUT2D eigenvalue weighted by Crippen LogP contribution is 2.14. The summed E-state index contributed by atoms with van der Waals surface area (Å²) >= 11 is 0. The number of amides is 1. The summed E-state index contributed by atoms with van der Waals surface area (Å²) in [5.74, 6) is 0.0748. The average Bonchev–Trinajstić information content (AvgIpc) is 2.69. The van der Waals surface area contributed by atoms with Crippen molar-refractivity contribution >= 4 is 30.7 Å². The largest absolute Gasteiger partial charge is 0.345 e. The Hall–Kier alpha value is -0.780. The highest BCUT2D eigenvalue weighted by molar-refractivity contribution is 5.85. The van der Waals surface area contributed by atoms with E-state index in [0.29, 0.717) is 19.5 Å². The molecule has 0 aliphatic rings. The molecule has 0 aromatic carbocycles. The molecule has 1 aromatic heterocycles. The summed E-state index contributed by atoms with van der Waals surface area (Å²) in [6, 6.07) is 1.81. The third-order valence-corrected chi connectivity index (χ3v) is 2.54. The summed E-state index contributed by atoms with van der Waals surface area (Å²) in [5, 5.41) is 6.59. The van der Waals surface area contributed by atoms with Gasteiger partial charge in [-0.3, -0.25) is 9.89 Å². The molecule has 1 heterocycles. The van der Waals surface area contributed by atoms with E-state index in [-0.39, 0.29) is 36.1 Å². The van der Waals surface area contributed by atoms with Crippen molar-refractivity contribution in [3.63, 3.8) is 0 Å². The van der Waals surface area contributed by atoms with Crippen LogP contribution in [0.15, 0.2) is 12.3 Å². The van der Waals surface area contributed by atoms with E-state index in [1.54, 1.807) is 24.2 Å². The number of halogens is 2. The summed E-state index contributed by atoms with van der Waals surface area (Å²) < 4.78 is 0. The molecule has 0 saturated heterocycles. The lowest BCUT2D eigenvalue weighted by atomic mass is 9.93. The number of carbonyl (C=O) groups excluding carboxylic acids is 1. The molecular weight excluding hydrogens is 275 g/mol. The second-order valence-corrected chi connectivity index (χ2v) is 4.88. The molecular formula is C11H22Cl2N4O. The molecule has 0 aliphatic carbocycles. The number of H-pyrrole nitrogens is 1. The van der Waals surface area contributed by atoms with Crippen LogP contribution in [0.5, 0.6) is 0 Å². The SMILES string of the molecule is CN(CC(C)(C)CN)C(=O)Cc1ccn[nH]1.Cl.Cl. The fraction of sp³-hybridized carbons (Fsp3) is 0.636. The zero-order valence-corrected chi connectivity index (χ0v) is 12.6. The van der Waals surface area contributed by atoms with Gasteiger partial charge in [0, 0.05) is 25.5 Å². The van der Waals surface area contributed by atoms with Crippen LogP contribution in [0.3, 0.4) is 0 Å². The van der Waals surface area contributed by atoms with Crippen LogP contribution in [0.25, 0.3) is 0 Å². The maximum Gasteiger partial charge on any atom is 0.228 e. The molecule has 0 fully saturated rings. The Morgan fingerprint density at radius 3 is 2.56 bits per heavy atom. The van der Waals surface area contributed by atoms with E-state index in [0.717, 1.165) is 5.69 Å². The second-order valence-electron chi connectivity index (χ2n) is 4.88. The van der Waals surface area contributed by atoms with Crippen LogP contribution in [-0.2, 0) is 11.2 Å². The van der Waals surface area contributed by atoms with Crippen LogP contribution >= 0.6 is 24.8 Å². The molecule has 3 N–H and O–H groups in total. The van der Waals surface area contributed by atoms with Crippen molar-refractivity contribution < 1.29 is 4.79 Å². The Labute approximate surface area is 120 Å². The van der Waals surface area contributed by atoms with Gasteiger partial charge in [0.25, 0.3) is 0 Å². The van der Waals surface area contributed by atoms with Crippen LogP contribution in [-0.4, -0.2) is 41.1 Å². The molecule has 1 amide bonds. The first-order valence-corrected chi connectivity index (χ1v) is 5.37. The fourth-order valence-corrected chi connectivity index (χ4v) is 1.48. The predicted molar refractivity (Wildman–Crippen MR) is 77.3 cm³/mol. The Kier molecular flexibility index (Phi) is 9.07. The molecule has 18 heavy (non-hydrogen) atoms. The Balaban J connectivity index is 0. The second kappa shape index (κ2) is 8.34. The van der Waals surface area contributed by atoms with Gasteiger partial charge >= 0.3 is 0 Å². The van der Waals surface area contributed by atoms with Crippen molar-refractivity contribution in [1.82, 2.24) is 15.1 Å². The summed E-state index contributed by atoms with van der Waals surface area (Å²) in [4.78, 5) is 13.6. The molecule has 0 radical (unpaired) electrons. The molecule has 0 saturated carbocycles. The molecule has 1 rings (SSSR count).